The average molecular weight is 279 g/mol. The molecule has 1 aromatic carbocycles. The largest absolute Gasteiger partial charge is 0.461 e. The number of hydrogen-bond donors (Lipinski definition) is 0. The quantitative estimate of drug-likeness (QED) is 0.808. The van der Waals surface area contributed by atoms with Gasteiger partial charge < -0.3 is 9.30 Å². The van der Waals surface area contributed by atoms with E-state index in [9.17, 15) is 4.79 Å². The maximum Gasteiger partial charge on any atom is 0.356 e. The van der Waals surface area contributed by atoms with Gasteiger partial charge in [0.25, 0.3) is 0 Å². The van der Waals surface area contributed by atoms with Gasteiger partial charge in [0.05, 0.1) is 19.3 Å². The van der Waals surface area contributed by atoms with E-state index in [-0.39, 0.29) is 5.28 Å². The van der Waals surface area contributed by atoms with Crippen molar-refractivity contribution < 1.29 is 9.53 Å². The summed E-state index contributed by atoms with van der Waals surface area (Å²) in [7, 11) is 0. The molecule has 0 aliphatic carbocycles. The molecule has 0 atom stereocenters. The molecule has 0 saturated carbocycles. The number of carbonyl (C=O) groups excluding carboxylic acids is 1. The number of carbonyl (C=O) groups is 1. The highest BCUT2D eigenvalue weighted by atomic mass is 35.5. The van der Waals surface area contributed by atoms with Crippen LogP contribution in [-0.4, -0.2) is 22.1 Å². The molecular formula is C14H15ClN2O2. The third-order valence-corrected chi connectivity index (χ3v) is 3.05. The van der Waals surface area contributed by atoms with Crippen molar-refractivity contribution >= 4 is 17.6 Å². The summed E-state index contributed by atoms with van der Waals surface area (Å²) in [5.41, 5.74) is 2.61. The number of imidazole rings is 1. The number of nitrogens with zero attached hydrogens (tertiary/aromatic N) is 2. The summed E-state index contributed by atoms with van der Waals surface area (Å²) in [6.45, 7) is 4.61. The van der Waals surface area contributed by atoms with E-state index < -0.39 is 5.97 Å². The third kappa shape index (κ3) is 3.15. The Morgan fingerprint density at radius 2 is 2.05 bits per heavy atom. The van der Waals surface area contributed by atoms with Crippen molar-refractivity contribution in [3.63, 3.8) is 0 Å². The van der Waals surface area contributed by atoms with Gasteiger partial charge in [-0.1, -0.05) is 29.8 Å². The first-order valence-corrected chi connectivity index (χ1v) is 6.43. The van der Waals surface area contributed by atoms with Crippen molar-refractivity contribution in [1.29, 1.82) is 0 Å². The fourth-order valence-corrected chi connectivity index (χ4v) is 1.95. The van der Waals surface area contributed by atoms with E-state index in [0.29, 0.717) is 18.8 Å². The smallest absolute Gasteiger partial charge is 0.356 e. The van der Waals surface area contributed by atoms with Crippen LogP contribution in [0.25, 0.3) is 0 Å². The molecule has 1 heterocycles. The lowest BCUT2D eigenvalue weighted by atomic mass is 10.1. The molecule has 100 valence electrons. The van der Waals surface area contributed by atoms with Gasteiger partial charge in [0.2, 0.25) is 5.28 Å². The minimum Gasteiger partial charge on any atom is -0.461 e. The number of ether oxygens (including phenoxy) is 1. The Morgan fingerprint density at radius 1 is 1.37 bits per heavy atom. The van der Waals surface area contributed by atoms with Gasteiger partial charge in [-0.25, -0.2) is 9.78 Å². The average Bonchev–Trinajstić information content (AvgIpc) is 2.74. The molecule has 0 aliphatic rings. The molecule has 5 heteroatoms. The summed E-state index contributed by atoms with van der Waals surface area (Å²) < 4.78 is 6.62. The van der Waals surface area contributed by atoms with E-state index in [1.54, 1.807) is 11.5 Å². The van der Waals surface area contributed by atoms with E-state index >= 15 is 0 Å². The summed E-state index contributed by atoms with van der Waals surface area (Å²) >= 11 is 6.01. The number of aromatic nitrogens is 2. The first-order valence-electron chi connectivity index (χ1n) is 6.05. The zero-order chi connectivity index (χ0) is 13.8. The van der Waals surface area contributed by atoms with Crippen LogP contribution in [0.2, 0.25) is 5.28 Å². The van der Waals surface area contributed by atoms with E-state index in [4.69, 9.17) is 16.3 Å². The van der Waals surface area contributed by atoms with Crippen molar-refractivity contribution in [3.8, 4) is 0 Å². The monoisotopic (exact) mass is 278 g/mol. The second-order valence-corrected chi connectivity index (χ2v) is 4.54. The lowest BCUT2D eigenvalue weighted by Crippen LogP contribution is -2.13. The summed E-state index contributed by atoms with van der Waals surface area (Å²) in [6, 6.07) is 8.04. The molecule has 0 N–H and O–H groups in total. The molecule has 2 aromatic rings. The summed E-state index contributed by atoms with van der Waals surface area (Å²) in [5.74, 6) is -0.408. The Morgan fingerprint density at radius 3 is 2.68 bits per heavy atom. The second kappa shape index (κ2) is 5.89. The van der Waals surface area contributed by atoms with Crippen LogP contribution in [0.4, 0.5) is 0 Å². The molecule has 4 nitrogen and oxygen atoms in total. The molecule has 0 spiro atoms. The first kappa shape index (κ1) is 13.6. The highest BCUT2D eigenvalue weighted by Gasteiger charge is 2.16. The Balaban J connectivity index is 2.26. The summed E-state index contributed by atoms with van der Waals surface area (Å²) in [6.07, 6.45) is 1.44. The van der Waals surface area contributed by atoms with Gasteiger partial charge in [0.15, 0.2) is 0 Å². The fourth-order valence-electron chi connectivity index (χ4n) is 1.75. The number of esters is 1. The number of rotatable bonds is 4. The van der Waals surface area contributed by atoms with Crippen molar-refractivity contribution in [2.24, 2.45) is 0 Å². The maximum absolute atomic E-state index is 11.8. The van der Waals surface area contributed by atoms with Gasteiger partial charge in [-0.3, -0.25) is 0 Å². The zero-order valence-electron chi connectivity index (χ0n) is 10.9. The second-order valence-electron chi connectivity index (χ2n) is 4.20. The van der Waals surface area contributed by atoms with Crippen LogP contribution in [0.5, 0.6) is 0 Å². The van der Waals surface area contributed by atoms with Gasteiger partial charge >= 0.3 is 5.97 Å². The SMILES string of the molecule is CCOC(=O)c1cnc(Cl)n1Cc1ccc(C)cc1. The molecule has 0 amide bonds. The molecule has 0 saturated heterocycles. The predicted molar refractivity (Wildman–Crippen MR) is 73.5 cm³/mol. The fraction of sp³-hybridized carbons (Fsp3) is 0.286. The molecule has 0 fully saturated rings. The summed E-state index contributed by atoms with van der Waals surface area (Å²) in [4.78, 5) is 15.7. The van der Waals surface area contributed by atoms with Crippen LogP contribution in [0, 0.1) is 6.92 Å². The van der Waals surface area contributed by atoms with Gasteiger partial charge in [-0.2, -0.15) is 0 Å². The van der Waals surface area contributed by atoms with Crippen LogP contribution in [0.15, 0.2) is 30.5 Å². The molecular weight excluding hydrogens is 264 g/mol. The molecule has 0 radical (unpaired) electrons. The Kier molecular flexibility index (Phi) is 4.22. The van der Waals surface area contributed by atoms with Gasteiger partial charge in [-0.15, -0.1) is 0 Å². The third-order valence-electron chi connectivity index (χ3n) is 2.75. The van der Waals surface area contributed by atoms with Gasteiger partial charge in [-0.05, 0) is 31.0 Å². The molecule has 0 aliphatic heterocycles. The molecule has 0 unspecified atom stereocenters. The lowest BCUT2D eigenvalue weighted by Gasteiger charge is -2.09. The standard InChI is InChI=1S/C14H15ClN2O2/c1-3-19-13(18)12-8-16-14(15)17(12)9-11-6-4-10(2)5-7-11/h4-8H,3,9H2,1-2H3. The van der Waals surface area contributed by atoms with Crippen molar-refractivity contribution in [3.05, 3.63) is 52.6 Å². The van der Waals surface area contributed by atoms with Crippen molar-refractivity contribution in [2.75, 3.05) is 6.61 Å². The summed E-state index contributed by atoms with van der Waals surface area (Å²) in [5, 5.41) is 0.281. The minimum atomic E-state index is -0.408. The van der Waals surface area contributed by atoms with Crippen LogP contribution in [-0.2, 0) is 11.3 Å². The zero-order valence-corrected chi connectivity index (χ0v) is 11.6. The van der Waals surface area contributed by atoms with Crippen molar-refractivity contribution in [1.82, 2.24) is 9.55 Å². The Hall–Kier alpha value is -1.81. The molecule has 1 aromatic heterocycles. The van der Waals surface area contributed by atoms with E-state index in [1.165, 1.54) is 11.8 Å². The number of hydrogen-bond acceptors (Lipinski definition) is 3. The lowest BCUT2D eigenvalue weighted by molar-refractivity contribution is 0.0514. The number of benzene rings is 1. The van der Waals surface area contributed by atoms with Gasteiger partial charge in [0, 0.05) is 0 Å². The molecule has 2 rings (SSSR count). The predicted octanol–water partition coefficient (Wildman–Crippen LogP) is 3.07. The first-order chi connectivity index (χ1) is 9.11. The van der Waals surface area contributed by atoms with E-state index in [1.807, 2.05) is 31.2 Å². The minimum absolute atomic E-state index is 0.281. The maximum atomic E-state index is 11.8. The Labute approximate surface area is 117 Å². The van der Waals surface area contributed by atoms with Gasteiger partial charge in [0.1, 0.15) is 5.69 Å². The van der Waals surface area contributed by atoms with Crippen LogP contribution >= 0.6 is 11.6 Å². The highest BCUT2D eigenvalue weighted by molar-refractivity contribution is 6.28. The van der Waals surface area contributed by atoms with Crippen molar-refractivity contribution in [2.45, 2.75) is 20.4 Å². The van der Waals surface area contributed by atoms with Crippen LogP contribution in [0.3, 0.4) is 0 Å². The van der Waals surface area contributed by atoms with E-state index in [0.717, 1.165) is 5.56 Å². The normalized spacial score (nSPS) is 10.5. The molecule has 19 heavy (non-hydrogen) atoms. The number of aryl methyl sites for hydroxylation is 1. The van der Waals surface area contributed by atoms with Crippen LogP contribution < -0.4 is 0 Å². The molecule has 0 bridgehead atoms. The topological polar surface area (TPSA) is 44.1 Å². The van der Waals surface area contributed by atoms with Crippen LogP contribution in [0.1, 0.15) is 28.5 Å². The highest BCUT2D eigenvalue weighted by Crippen LogP contribution is 2.15. The van der Waals surface area contributed by atoms with E-state index in [2.05, 4.69) is 4.98 Å². The number of halogens is 1. The Bertz CT molecular complexity index is 576.